The molecule has 0 fully saturated rings. The zero-order valence-electron chi connectivity index (χ0n) is 28.7. The van der Waals surface area contributed by atoms with Gasteiger partial charge in [0.15, 0.2) is 0 Å². The summed E-state index contributed by atoms with van der Waals surface area (Å²) < 4.78 is 0. The third-order valence-corrected chi connectivity index (χ3v) is 7.57. The molecule has 0 spiro atoms. The topological polar surface area (TPSA) is 133 Å². The quantitative estimate of drug-likeness (QED) is 0.291. The molecule has 0 saturated heterocycles. The Morgan fingerprint density at radius 3 is 0.932 bits per heavy atom. The van der Waals surface area contributed by atoms with Crippen molar-refractivity contribution in [3.63, 3.8) is 0 Å². The number of aryl methyl sites for hydroxylation is 2. The maximum atomic E-state index is 12.5. The molecule has 0 aliphatic rings. The molecule has 44 heavy (non-hydrogen) atoms. The number of aromatic hydroxyl groups is 2. The number of amides is 4. The number of carbonyl (C=O) groups is 4. The van der Waals surface area contributed by atoms with Crippen LogP contribution in [0.5, 0.6) is 11.5 Å². The van der Waals surface area contributed by atoms with Gasteiger partial charge < -0.3 is 10.2 Å². The molecule has 0 aromatic heterocycles. The van der Waals surface area contributed by atoms with Crippen LogP contribution in [0.15, 0.2) is 24.3 Å². The predicted octanol–water partition coefficient (Wildman–Crippen LogP) is 6.14. The molecular formula is C36H52N2O6. The van der Waals surface area contributed by atoms with Crippen molar-refractivity contribution in [2.24, 2.45) is 0 Å². The van der Waals surface area contributed by atoms with E-state index < -0.39 is 23.6 Å². The average Bonchev–Trinajstić information content (AvgIpc) is 2.84. The summed E-state index contributed by atoms with van der Waals surface area (Å²) >= 11 is 0. The smallest absolute Gasteiger partial charge is 0.316 e. The summed E-state index contributed by atoms with van der Waals surface area (Å²) in [5.74, 6) is -3.21. The fourth-order valence-electron chi connectivity index (χ4n) is 4.97. The number of imide groups is 2. The third kappa shape index (κ3) is 9.66. The van der Waals surface area contributed by atoms with Crippen LogP contribution >= 0.6 is 0 Å². The van der Waals surface area contributed by atoms with Crippen molar-refractivity contribution in [1.29, 1.82) is 0 Å². The van der Waals surface area contributed by atoms with Crippen LogP contribution in [-0.2, 0) is 53.7 Å². The van der Waals surface area contributed by atoms with E-state index in [0.29, 0.717) is 12.8 Å². The molecule has 4 amide bonds. The highest BCUT2D eigenvalue weighted by atomic mass is 16.3. The first-order valence-electron chi connectivity index (χ1n) is 15.2. The molecule has 0 atom stereocenters. The molecule has 4 N–H and O–H groups in total. The second kappa shape index (κ2) is 13.1. The summed E-state index contributed by atoms with van der Waals surface area (Å²) in [5, 5.41) is 26.0. The molecule has 8 nitrogen and oxygen atoms in total. The van der Waals surface area contributed by atoms with Crippen LogP contribution in [0.3, 0.4) is 0 Å². The zero-order chi connectivity index (χ0) is 34.0. The molecule has 242 valence electrons. The Balaban J connectivity index is 2.03. The van der Waals surface area contributed by atoms with Crippen molar-refractivity contribution in [1.82, 2.24) is 10.6 Å². The van der Waals surface area contributed by atoms with E-state index in [4.69, 9.17) is 0 Å². The van der Waals surface area contributed by atoms with Gasteiger partial charge in [0, 0.05) is 12.8 Å². The van der Waals surface area contributed by atoms with Crippen LogP contribution in [0.1, 0.15) is 129 Å². The highest BCUT2D eigenvalue weighted by Crippen LogP contribution is 2.41. The van der Waals surface area contributed by atoms with Crippen LogP contribution in [-0.4, -0.2) is 33.8 Å². The molecule has 2 aromatic carbocycles. The van der Waals surface area contributed by atoms with Crippen molar-refractivity contribution in [2.75, 3.05) is 0 Å². The second-order valence-corrected chi connectivity index (χ2v) is 15.8. The Bertz CT molecular complexity index is 1250. The van der Waals surface area contributed by atoms with E-state index in [9.17, 15) is 29.4 Å². The fraction of sp³-hybridized carbons (Fsp3) is 0.556. The van der Waals surface area contributed by atoms with Gasteiger partial charge in [-0.1, -0.05) is 107 Å². The summed E-state index contributed by atoms with van der Waals surface area (Å²) in [6, 6.07) is 7.48. The van der Waals surface area contributed by atoms with Crippen LogP contribution in [0.2, 0.25) is 0 Å². The zero-order valence-corrected chi connectivity index (χ0v) is 28.7. The molecule has 2 aromatic rings. The van der Waals surface area contributed by atoms with E-state index in [2.05, 4.69) is 10.6 Å². The maximum Gasteiger partial charge on any atom is 0.316 e. The van der Waals surface area contributed by atoms with Crippen molar-refractivity contribution < 1.29 is 29.4 Å². The first-order valence-corrected chi connectivity index (χ1v) is 15.2. The van der Waals surface area contributed by atoms with E-state index in [0.717, 1.165) is 33.4 Å². The first kappa shape index (κ1) is 36.5. The molecule has 0 bridgehead atoms. The van der Waals surface area contributed by atoms with E-state index in [1.54, 1.807) is 0 Å². The monoisotopic (exact) mass is 608 g/mol. The number of hydrogen-bond donors (Lipinski definition) is 4. The van der Waals surface area contributed by atoms with E-state index in [1.165, 1.54) is 0 Å². The van der Waals surface area contributed by atoms with Gasteiger partial charge in [-0.25, -0.2) is 0 Å². The number of benzene rings is 2. The van der Waals surface area contributed by atoms with Gasteiger partial charge in [0.1, 0.15) is 11.5 Å². The Labute approximate surface area is 263 Å². The Morgan fingerprint density at radius 2 is 0.727 bits per heavy atom. The van der Waals surface area contributed by atoms with Gasteiger partial charge in [0.25, 0.3) is 0 Å². The lowest BCUT2D eigenvalue weighted by atomic mass is 9.78. The van der Waals surface area contributed by atoms with Gasteiger partial charge in [-0.15, -0.1) is 0 Å². The maximum absolute atomic E-state index is 12.5. The second-order valence-electron chi connectivity index (χ2n) is 15.8. The molecule has 0 saturated carbocycles. The highest BCUT2D eigenvalue weighted by Gasteiger charge is 2.28. The molecule has 0 aliphatic heterocycles. The SMILES string of the molecule is CC(C)(C)c1cc(CCC(=O)NC(=O)C(=O)NC(=O)CCc2cc(C(C)(C)C)c(O)c(C(C)(C)C)c2)cc(C(C)(C)C)c1O. The fourth-order valence-corrected chi connectivity index (χ4v) is 4.97. The summed E-state index contributed by atoms with van der Waals surface area (Å²) in [6.07, 6.45) is 0.480. The van der Waals surface area contributed by atoms with Crippen LogP contribution in [0, 0.1) is 0 Å². The van der Waals surface area contributed by atoms with E-state index in [-0.39, 0.29) is 46.0 Å². The molecule has 0 heterocycles. The predicted molar refractivity (Wildman–Crippen MR) is 174 cm³/mol. The van der Waals surface area contributed by atoms with Crippen molar-refractivity contribution >= 4 is 23.6 Å². The lowest BCUT2D eigenvalue weighted by molar-refractivity contribution is -0.144. The number of rotatable bonds is 6. The van der Waals surface area contributed by atoms with Crippen molar-refractivity contribution in [2.45, 2.75) is 130 Å². The molecule has 0 radical (unpaired) electrons. The van der Waals surface area contributed by atoms with Gasteiger partial charge in [-0.3, -0.25) is 29.8 Å². The van der Waals surface area contributed by atoms with Gasteiger partial charge >= 0.3 is 11.8 Å². The number of phenolic OH excluding ortho intramolecular Hbond substituents is 2. The van der Waals surface area contributed by atoms with Gasteiger partial charge in [0.05, 0.1) is 0 Å². The molecular weight excluding hydrogens is 556 g/mol. The number of carbonyl (C=O) groups excluding carboxylic acids is 4. The van der Waals surface area contributed by atoms with E-state index >= 15 is 0 Å². The molecule has 0 aliphatic carbocycles. The molecule has 0 unspecified atom stereocenters. The molecule has 8 heteroatoms. The van der Waals surface area contributed by atoms with Crippen molar-refractivity contribution in [3.8, 4) is 11.5 Å². The van der Waals surface area contributed by atoms with Crippen LogP contribution < -0.4 is 10.6 Å². The largest absolute Gasteiger partial charge is 0.507 e. The number of nitrogens with one attached hydrogen (secondary N) is 2. The summed E-state index contributed by atoms with van der Waals surface area (Å²) in [5.41, 5.74) is 3.44. The van der Waals surface area contributed by atoms with Gasteiger partial charge in [0.2, 0.25) is 11.8 Å². The standard InChI is InChI=1S/C36H52N2O6/c1-33(2,3)23-17-21(18-24(29(23)41)34(4,5)6)13-15-27(39)37-31(43)32(44)38-28(40)16-14-22-19-25(35(7,8)9)30(42)26(20-22)36(10,11)12/h17-20,41-42H,13-16H2,1-12H3,(H,37,39,43)(H,38,40,44). The van der Waals surface area contributed by atoms with Crippen LogP contribution in [0.25, 0.3) is 0 Å². The number of hydrogen-bond acceptors (Lipinski definition) is 6. The third-order valence-electron chi connectivity index (χ3n) is 7.57. The molecule has 2 rings (SSSR count). The minimum absolute atomic E-state index is 0.0576. The Hall–Kier alpha value is -3.68. The Morgan fingerprint density at radius 1 is 0.500 bits per heavy atom. The lowest BCUT2D eigenvalue weighted by Gasteiger charge is -2.28. The van der Waals surface area contributed by atoms with Gasteiger partial charge in [-0.2, -0.15) is 0 Å². The summed E-state index contributed by atoms with van der Waals surface area (Å²) in [4.78, 5) is 49.9. The summed E-state index contributed by atoms with van der Waals surface area (Å²) in [7, 11) is 0. The van der Waals surface area contributed by atoms with Crippen molar-refractivity contribution in [3.05, 3.63) is 57.6 Å². The lowest BCUT2D eigenvalue weighted by Crippen LogP contribution is -2.44. The summed E-state index contributed by atoms with van der Waals surface area (Å²) in [6.45, 7) is 24.0. The highest BCUT2D eigenvalue weighted by molar-refractivity contribution is 6.40. The minimum atomic E-state index is -1.20. The Kier molecular flexibility index (Phi) is 10.9. The average molecular weight is 609 g/mol. The normalized spacial score (nSPS) is 12.5. The van der Waals surface area contributed by atoms with Gasteiger partial charge in [-0.05, 0) is 67.9 Å². The van der Waals surface area contributed by atoms with E-state index in [1.807, 2.05) is 107 Å². The van der Waals surface area contributed by atoms with Crippen LogP contribution in [0.4, 0.5) is 0 Å². The minimum Gasteiger partial charge on any atom is -0.507 e. The first-order chi connectivity index (χ1) is 19.8. The number of phenols is 2.